The first-order chi connectivity index (χ1) is 13.6. The number of ether oxygens (including phenoxy) is 1. The molecule has 0 bridgehead atoms. The van der Waals surface area contributed by atoms with Gasteiger partial charge in [0.15, 0.2) is 5.75 Å². The maximum absolute atomic E-state index is 10.9. The zero-order valence-electron chi connectivity index (χ0n) is 16.1. The van der Waals surface area contributed by atoms with E-state index < -0.39 is 4.92 Å². The number of hydrogen-bond donors (Lipinski definition) is 0. The molecule has 1 aliphatic rings. The number of benzene rings is 2. The van der Waals surface area contributed by atoms with Crippen molar-refractivity contribution in [3.8, 4) is 17.6 Å². The molecule has 0 atom stereocenters. The van der Waals surface area contributed by atoms with Crippen LogP contribution in [0, 0.1) is 22.0 Å². The Balaban J connectivity index is 1.63. The maximum atomic E-state index is 10.9. The van der Waals surface area contributed by atoms with Gasteiger partial charge in [-0.3, -0.25) is 10.1 Å². The topological polar surface area (TPSA) is 58.8 Å². The molecule has 2 aromatic carbocycles. The van der Waals surface area contributed by atoms with Crippen molar-refractivity contribution < 1.29 is 9.66 Å². The van der Waals surface area contributed by atoms with Crippen molar-refractivity contribution >= 4 is 17.5 Å². The lowest BCUT2D eigenvalue weighted by molar-refractivity contribution is -0.385. The van der Waals surface area contributed by atoms with Crippen molar-refractivity contribution in [2.45, 2.75) is 0 Å². The highest BCUT2D eigenvalue weighted by molar-refractivity contribution is 5.60. The van der Waals surface area contributed by atoms with Crippen molar-refractivity contribution in [3.05, 3.63) is 69.8 Å². The Hall–Kier alpha value is -3.30. The lowest BCUT2D eigenvalue weighted by Crippen LogP contribution is -2.44. The van der Waals surface area contributed by atoms with Crippen molar-refractivity contribution in [2.75, 3.05) is 45.2 Å². The minimum absolute atomic E-state index is 0.0498. The summed E-state index contributed by atoms with van der Waals surface area (Å²) in [5.41, 5.74) is 2.92. The second-order valence-electron chi connectivity index (χ2n) is 6.63. The fourth-order valence-corrected chi connectivity index (χ4v) is 3.03. The van der Waals surface area contributed by atoms with Crippen LogP contribution in [-0.2, 0) is 0 Å². The Morgan fingerprint density at radius 1 is 1.11 bits per heavy atom. The van der Waals surface area contributed by atoms with E-state index in [2.05, 4.69) is 40.8 Å². The minimum atomic E-state index is -0.460. The van der Waals surface area contributed by atoms with Crippen LogP contribution in [0.3, 0.4) is 0 Å². The third-order valence-corrected chi connectivity index (χ3v) is 4.71. The van der Waals surface area contributed by atoms with Gasteiger partial charge in [0.05, 0.1) is 12.0 Å². The number of allylic oxidation sites excluding steroid dienone is 1. The fourth-order valence-electron chi connectivity index (χ4n) is 3.03. The monoisotopic (exact) mass is 377 g/mol. The van der Waals surface area contributed by atoms with Crippen LogP contribution in [0.1, 0.15) is 11.1 Å². The Bertz CT molecular complexity index is 918. The summed E-state index contributed by atoms with van der Waals surface area (Å²) in [5, 5.41) is 10.9. The van der Waals surface area contributed by atoms with Gasteiger partial charge >= 0.3 is 5.69 Å². The van der Waals surface area contributed by atoms with E-state index in [-0.39, 0.29) is 11.4 Å². The average molecular weight is 377 g/mol. The van der Waals surface area contributed by atoms with Crippen LogP contribution >= 0.6 is 0 Å². The van der Waals surface area contributed by atoms with Gasteiger partial charge in [0, 0.05) is 43.5 Å². The zero-order valence-corrected chi connectivity index (χ0v) is 16.1. The number of nitro groups is 1. The third-order valence-electron chi connectivity index (χ3n) is 4.71. The van der Waals surface area contributed by atoms with E-state index in [9.17, 15) is 10.1 Å². The molecule has 1 heterocycles. The molecule has 0 saturated carbocycles. The van der Waals surface area contributed by atoms with Gasteiger partial charge in [0.25, 0.3) is 0 Å². The van der Waals surface area contributed by atoms with Crippen LogP contribution in [0.2, 0.25) is 0 Å². The van der Waals surface area contributed by atoms with E-state index in [4.69, 9.17) is 4.74 Å². The summed E-state index contributed by atoms with van der Waals surface area (Å²) in [5.74, 6) is 6.35. The first-order valence-electron chi connectivity index (χ1n) is 9.11. The summed E-state index contributed by atoms with van der Waals surface area (Å²) < 4.78 is 5.07. The van der Waals surface area contributed by atoms with E-state index >= 15 is 0 Å². The van der Waals surface area contributed by atoms with Gasteiger partial charge < -0.3 is 14.5 Å². The van der Waals surface area contributed by atoms with E-state index in [1.54, 1.807) is 24.3 Å². The number of rotatable bonds is 4. The second-order valence-corrected chi connectivity index (χ2v) is 6.63. The molecular weight excluding hydrogens is 354 g/mol. The second kappa shape index (κ2) is 9.07. The number of nitro benzene ring substituents is 1. The van der Waals surface area contributed by atoms with E-state index in [1.165, 1.54) is 18.9 Å². The van der Waals surface area contributed by atoms with Gasteiger partial charge in [0.1, 0.15) is 0 Å². The smallest absolute Gasteiger partial charge is 0.310 e. The SMILES string of the molecule is COc1cc(/C=C/C#Cc2ccc(N3CCN(C)CC3)cc2)ccc1[N+](=O)[O-]. The Kier molecular flexibility index (Phi) is 6.30. The summed E-state index contributed by atoms with van der Waals surface area (Å²) in [7, 11) is 3.57. The molecule has 0 aliphatic carbocycles. The molecule has 0 spiro atoms. The van der Waals surface area contributed by atoms with Crippen LogP contribution < -0.4 is 9.64 Å². The number of hydrogen-bond acceptors (Lipinski definition) is 5. The molecule has 0 unspecified atom stereocenters. The van der Waals surface area contributed by atoms with Gasteiger partial charge in [-0.05, 0) is 61.2 Å². The predicted octanol–water partition coefficient (Wildman–Crippen LogP) is 3.42. The molecule has 1 aliphatic heterocycles. The van der Waals surface area contributed by atoms with Crippen molar-refractivity contribution in [3.63, 3.8) is 0 Å². The van der Waals surface area contributed by atoms with Crippen LogP contribution in [0.25, 0.3) is 6.08 Å². The summed E-state index contributed by atoms with van der Waals surface area (Å²) in [6.07, 6.45) is 3.53. The number of likely N-dealkylation sites (N-methyl/N-ethyl adjacent to an activating group) is 1. The number of piperazine rings is 1. The first kappa shape index (κ1) is 19.5. The summed E-state index contributed by atoms with van der Waals surface area (Å²) in [4.78, 5) is 15.2. The Morgan fingerprint density at radius 2 is 1.82 bits per heavy atom. The fraction of sp³-hybridized carbons (Fsp3) is 0.273. The van der Waals surface area contributed by atoms with Crippen LogP contribution in [0.5, 0.6) is 5.75 Å². The summed E-state index contributed by atoms with van der Waals surface area (Å²) in [6.45, 7) is 4.26. The lowest BCUT2D eigenvalue weighted by atomic mass is 10.1. The molecule has 0 N–H and O–H groups in total. The molecule has 1 fully saturated rings. The molecule has 1 saturated heterocycles. The lowest BCUT2D eigenvalue weighted by Gasteiger charge is -2.34. The molecule has 28 heavy (non-hydrogen) atoms. The maximum Gasteiger partial charge on any atom is 0.310 e. The summed E-state index contributed by atoms with van der Waals surface area (Å²) in [6, 6.07) is 13.0. The molecule has 0 aromatic heterocycles. The molecule has 144 valence electrons. The van der Waals surface area contributed by atoms with Gasteiger partial charge in [0.2, 0.25) is 0 Å². The molecular formula is C22H23N3O3. The Morgan fingerprint density at radius 3 is 2.46 bits per heavy atom. The first-order valence-corrected chi connectivity index (χ1v) is 9.11. The largest absolute Gasteiger partial charge is 0.490 e. The van der Waals surface area contributed by atoms with E-state index in [0.29, 0.717) is 0 Å². The average Bonchev–Trinajstić information content (AvgIpc) is 2.72. The minimum Gasteiger partial charge on any atom is -0.490 e. The number of nitrogens with zero attached hydrogens (tertiary/aromatic N) is 3. The van der Waals surface area contributed by atoms with E-state index in [0.717, 1.165) is 37.3 Å². The molecule has 2 aromatic rings. The zero-order chi connectivity index (χ0) is 19.9. The number of anilines is 1. The highest BCUT2D eigenvalue weighted by atomic mass is 16.6. The molecule has 6 nitrogen and oxygen atoms in total. The van der Waals surface area contributed by atoms with Crippen molar-refractivity contribution in [2.24, 2.45) is 0 Å². The van der Waals surface area contributed by atoms with Crippen molar-refractivity contribution in [1.29, 1.82) is 0 Å². The highest BCUT2D eigenvalue weighted by Crippen LogP contribution is 2.27. The molecule has 6 heteroatoms. The third kappa shape index (κ3) is 4.90. The normalized spacial score (nSPS) is 14.6. The van der Waals surface area contributed by atoms with E-state index in [1.807, 2.05) is 12.1 Å². The number of methoxy groups -OCH3 is 1. The van der Waals surface area contributed by atoms with Gasteiger partial charge in [-0.25, -0.2) is 0 Å². The van der Waals surface area contributed by atoms with Crippen LogP contribution in [0.4, 0.5) is 11.4 Å². The van der Waals surface area contributed by atoms with Gasteiger partial charge in [-0.2, -0.15) is 0 Å². The molecule has 0 amide bonds. The highest BCUT2D eigenvalue weighted by Gasteiger charge is 2.14. The quantitative estimate of drug-likeness (QED) is 0.464. The standard InChI is InChI=1S/C22H23N3O3/c1-23-13-15-24(16-14-23)20-10-7-18(8-11-20)5-3-4-6-19-9-12-21(25(26)27)22(17-19)28-2/h4,6-12,17H,13-16H2,1-2H3/b6-4+. The van der Waals surface area contributed by atoms with Gasteiger partial charge in [-0.1, -0.05) is 11.8 Å². The van der Waals surface area contributed by atoms with Crippen LogP contribution in [-0.4, -0.2) is 50.2 Å². The van der Waals surface area contributed by atoms with Crippen molar-refractivity contribution in [1.82, 2.24) is 4.90 Å². The molecule has 3 rings (SSSR count). The Labute approximate surface area is 165 Å². The summed E-state index contributed by atoms with van der Waals surface area (Å²) >= 11 is 0. The van der Waals surface area contributed by atoms with Crippen LogP contribution in [0.15, 0.2) is 48.5 Å². The predicted molar refractivity (Wildman–Crippen MR) is 112 cm³/mol. The molecule has 0 radical (unpaired) electrons. The van der Waals surface area contributed by atoms with Gasteiger partial charge in [-0.15, -0.1) is 0 Å².